The van der Waals surface area contributed by atoms with Gasteiger partial charge in [-0.2, -0.15) is 13.2 Å². The molecular weight excluding hydrogens is 426 g/mol. The number of nitrogens with zero attached hydrogens (tertiary/aromatic N) is 3. The van der Waals surface area contributed by atoms with Crippen molar-refractivity contribution in [2.24, 2.45) is 0 Å². The Morgan fingerprint density at radius 3 is 2.23 bits per heavy atom. The number of thioether (sulfide) groups is 1. The summed E-state index contributed by atoms with van der Waals surface area (Å²) < 4.78 is 55.2. The number of aryl methyl sites for hydroxylation is 1. The molecule has 4 rings (SSSR count). The van der Waals surface area contributed by atoms with Crippen molar-refractivity contribution in [3.05, 3.63) is 95.3 Å². The number of halogens is 4. The van der Waals surface area contributed by atoms with Gasteiger partial charge in [0.05, 0.1) is 5.56 Å². The van der Waals surface area contributed by atoms with E-state index in [9.17, 15) is 17.6 Å². The van der Waals surface area contributed by atoms with Gasteiger partial charge in [0.1, 0.15) is 5.82 Å². The van der Waals surface area contributed by atoms with Gasteiger partial charge in [0.15, 0.2) is 11.0 Å². The highest BCUT2D eigenvalue weighted by atomic mass is 32.2. The zero-order valence-electron chi connectivity index (χ0n) is 16.4. The highest BCUT2D eigenvalue weighted by Crippen LogP contribution is 2.35. The van der Waals surface area contributed by atoms with E-state index in [4.69, 9.17) is 0 Å². The summed E-state index contributed by atoms with van der Waals surface area (Å²) in [6.45, 7) is 1.96. The summed E-state index contributed by atoms with van der Waals surface area (Å²) in [5, 5.41) is 8.91. The lowest BCUT2D eigenvalue weighted by molar-refractivity contribution is -0.138. The summed E-state index contributed by atoms with van der Waals surface area (Å²) in [7, 11) is 0. The predicted molar refractivity (Wildman–Crippen MR) is 112 cm³/mol. The average molecular weight is 443 g/mol. The van der Waals surface area contributed by atoms with Crippen LogP contribution in [0.15, 0.2) is 78.0 Å². The highest BCUT2D eigenvalue weighted by molar-refractivity contribution is 7.98. The van der Waals surface area contributed by atoms with E-state index in [-0.39, 0.29) is 17.1 Å². The van der Waals surface area contributed by atoms with E-state index in [1.165, 1.54) is 24.3 Å². The smallest absolute Gasteiger partial charge is 0.270 e. The first kappa shape index (κ1) is 21.1. The summed E-state index contributed by atoms with van der Waals surface area (Å²) in [4.78, 5) is 0. The van der Waals surface area contributed by atoms with Crippen molar-refractivity contribution in [2.75, 3.05) is 0 Å². The Kier molecular flexibility index (Phi) is 5.82. The van der Waals surface area contributed by atoms with Crippen LogP contribution in [0.3, 0.4) is 0 Å². The number of hydrogen-bond acceptors (Lipinski definition) is 3. The molecule has 0 aliphatic heterocycles. The van der Waals surface area contributed by atoms with Gasteiger partial charge >= 0.3 is 6.18 Å². The van der Waals surface area contributed by atoms with Crippen LogP contribution < -0.4 is 0 Å². The molecule has 0 N–H and O–H groups in total. The zero-order valence-corrected chi connectivity index (χ0v) is 17.2. The Labute approximate surface area is 180 Å². The van der Waals surface area contributed by atoms with Crippen LogP contribution in [0.1, 0.15) is 16.7 Å². The molecule has 1 heterocycles. The minimum Gasteiger partial charge on any atom is -0.270 e. The van der Waals surface area contributed by atoms with Gasteiger partial charge in [-0.15, -0.1) is 10.2 Å². The molecule has 0 aliphatic rings. The quantitative estimate of drug-likeness (QED) is 0.254. The van der Waals surface area contributed by atoms with Crippen molar-refractivity contribution < 1.29 is 17.6 Å². The van der Waals surface area contributed by atoms with Crippen LogP contribution in [0.4, 0.5) is 17.6 Å². The van der Waals surface area contributed by atoms with Crippen LogP contribution in [0.25, 0.3) is 17.1 Å². The third-order valence-corrected chi connectivity index (χ3v) is 5.69. The number of rotatable bonds is 5. The maximum absolute atomic E-state index is 13.4. The van der Waals surface area contributed by atoms with Gasteiger partial charge in [0.25, 0.3) is 0 Å². The van der Waals surface area contributed by atoms with Crippen LogP contribution in [0.5, 0.6) is 0 Å². The lowest BCUT2D eigenvalue weighted by Crippen LogP contribution is -2.08. The predicted octanol–water partition coefficient (Wildman–Crippen LogP) is 6.69. The van der Waals surface area contributed by atoms with E-state index < -0.39 is 11.7 Å². The molecular formula is C23H17F4N3S. The van der Waals surface area contributed by atoms with Gasteiger partial charge in [-0.05, 0) is 55.0 Å². The Hall–Kier alpha value is -3.13. The fourth-order valence-electron chi connectivity index (χ4n) is 3.14. The second-order valence-corrected chi connectivity index (χ2v) is 7.87. The second-order valence-electron chi connectivity index (χ2n) is 6.93. The molecule has 0 saturated heterocycles. The SMILES string of the molecule is Cc1ccc(-n2c(SCc3ccccc3C(F)(F)F)nnc2-c2ccc(F)cc2)cc1. The Balaban J connectivity index is 1.73. The van der Waals surface area contributed by atoms with Crippen LogP contribution in [-0.4, -0.2) is 14.8 Å². The molecule has 3 nitrogen and oxygen atoms in total. The maximum Gasteiger partial charge on any atom is 0.416 e. The maximum atomic E-state index is 13.4. The van der Waals surface area contributed by atoms with Gasteiger partial charge in [-0.3, -0.25) is 4.57 Å². The average Bonchev–Trinajstić information content (AvgIpc) is 3.17. The van der Waals surface area contributed by atoms with Crippen molar-refractivity contribution in [1.29, 1.82) is 0 Å². The molecule has 3 aromatic carbocycles. The molecule has 31 heavy (non-hydrogen) atoms. The summed E-state index contributed by atoms with van der Waals surface area (Å²) in [5.41, 5.74) is 1.98. The van der Waals surface area contributed by atoms with Crippen molar-refractivity contribution >= 4 is 11.8 Å². The lowest BCUT2D eigenvalue weighted by Gasteiger charge is -2.13. The van der Waals surface area contributed by atoms with Crippen LogP contribution >= 0.6 is 11.8 Å². The van der Waals surface area contributed by atoms with Gasteiger partial charge < -0.3 is 0 Å². The molecule has 0 fully saturated rings. The monoisotopic (exact) mass is 443 g/mol. The Morgan fingerprint density at radius 2 is 1.55 bits per heavy atom. The standard InChI is InChI=1S/C23H17F4N3S/c1-15-6-12-19(13-7-15)30-21(16-8-10-18(24)11-9-16)28-29-22(30)31-14-17-4-2-3-5-20(17)23(25,26)27/h2-13H,14H2,1H3. The highest BCUT2D eigenvalue weighted by Gasteiger charge is 2.33. The minimum absolute atomic E-state index is 0.0725. The molecule has 0 radical (unpaired) electrons. The third-order valence-electron chi connectivity index (χ3n) is 4.71. The van der Waals surface area contributed by atoms with Gasteiger partial charge in [-0.25, -0.2) is 4.39 Å². The van der Waals surface area contributed by atoms with Crippen LogP contribution in [-0.2, 0) is 11.9 Å². The second kappa shape index (κ2) is 8.55. The zero-order chi connectivity index (χ0) is 22.0. The first-order valence-corrected chi connectivity index (χ1v) is 10.4. The van der Waals surface area contributed by atoms with Crippen molar-refractivity contribution in [3.8, 4) is 17.1 Å². The topological polar surface area (TPSA) is 30.7 Å². The molecule has 1 aromatic heterocycles. The van der Waals surface area contributed by atoms with Crippen molar-refractivity contribution in [2.45, 2.75) is 24.0 Å². The summed E-state index contributed by atoms with van der Waals surface area (Å²) in [5.74, 6) is 0.183. The van der Waals surface area contributed by atoms with E-state index in [1.807, 2.05) is 31.2 Å². The number of hydrogen-bond donors (Lipinski definition) is 0. The van der Waals surface area contributed by atoms with E-state index in [2.05, 4.69) is 10.2 Å². The Bertz CT molecular complexity index is 1180. The van der Waals surface area contributed by atoms with Crippen molar-refractivity contribution in [3.63, 3.8) is 0 Å². The van der Waals surface area contributed by atoms with Gasteiger partial charge in [-0.1, -0.05) is 47.7 Å². The number of alkyl halides is 3. The molecule has 0 bridgehead atoms. The van der Waals surface area contributed by atoms with E-state index in [0.29, 0.717) is 16.5 Å². The molecule has 0 spiro atoms. The fraction of sp³-hybridized carbons (Fsp3) is 0.130. The van der Waals surface area contributed by atoms with E-state index in [0.717, 1.165) is 29.1 Å². The van der Waals surface area contributed by atoms with Crippen LogP contribution in [0.2, 0.25) is 0 Å². The number of aromatic nitrogens is 3. The molecule has 0 amide bonds. The lowest BCUT2D eigenvalue weighted by atomic mass is 10.1. The molecule has 158 valence electrons. The first-order chi connectivity index (χ1) is 14.8. The van der Waals surface area contributed by atoms with Crippen molar-refractivity contribution in [1.82, 2.24) is 14.8 Å². The largest absolute Gasteiger partial charge is 0.416 e. The third kappa shape index (κ3) is 4.64. The molecule has 0 aliphatic carbocycles. The molecule has 8 heteroatoms. The minimum atomic E-state index is -4.43. The summed E-state index contributed by atoms with van der Waals surface area (Å²) >= 11 is 1.16. The fourth-order valence-corrected chi connectivity index (χ4v) is 4.10. The van der Waals surface area contributed by atoms with Gasteiger partial charge in [0, 0.05) is 17.0 Å². The molecule has 0 saturated carbocycles. The molecule has 4 aromatic rings. The normalized spacial score (nSPS) is 11.6. The Morgan fingerprint density at radius 1 is 0.871 bits per heavy atom. The number of benzene rings is 3. The van der Waals surface area contributed by atoms with Crippen LogP contribution in [0, 0.1) is 12.7 Å². The first-order valence-electron chi connectivity index (χ1n) is 9.39. The molecule has 0 atom stereocenters. The molecule has 0 unspecified atom stereocenters. The summed E-state index contributed by atoms with van der Waals surface area (Å²) in [6.07, 6.45) is -4.43. The van der Waals surface area contributed by atoms with E-state index >= 15 is 0 Å². The van der Waals surface area contributed by atoms with E-state index in [1.54, 1.807) is 22.8 Å². The summed E-state index contributed by atoms with van der Waals surface area (Å²) in [6, 6.07) is 19.0. The van der Waals surface area contributed by atoms with Gasteiger partial charge in [0.2, 0.25) is 0 Å².